The topological polar surface area (TPSA) is 18.5 Å². The number of aryl methyl sites for hydroxylation is 2. The standard InChI is InChI=1S/C31H48O2/c1-2-3-4-5-8-11-18-27-23-24-28(30-21-14-13-20-29(27)30)19-12-9-6-7-10-16-25-32-31-22-15-17-26-33-31/h13-14,20-21,23-24,31H,2-12,15-19,22,25-26H2,1H3. The SMILES string of the molecule is CCCCCCCCc1ccc(CCCCCCCCOC2CCCCO2)c2ccccc12. The molecule has 0 N–H and O–H groups in total. The summed E-state index contributed by atoms with van der Waals surface area (Å²) in [4.78, 5) is 0. The molecular weight excluding hydrogens is 404 g/mol. The normalized spacial score (nSPS) is 16.5. The van der Waals surface area contributed by atoms with Crippen LogP contribution in [0.2, 0.25) is 0 Å². The second-order valence-electron chi connectivity index (χ2n) is 9.99. The Labute approximate surface area is 203 Å². The third-order valence-electron chi connectivity index (χ3n) is 7.19. The Kier molecular flexibility index (Phi) is 12.9. The Morgan fingerprint density at radius 1 is 0.697 bits per heavy atom. The van der Waals surface area contributed by atoms with Crippen LogP contribution in [-0.2, 0) is 22.3 Å². The summed E-state index contributed by atoms with van der Waals surface area (Å²) in [5, 5.41) is 2.98. The minimum Gasteiger partial charge on any atom is -0.353 e. The molecule has 1 unspecified atom stereocenters. The van der Waals surface area contributed by atoms with Gasteiger partial charge < -0.3 is 9.47 Å². The molecule has 1 aliphatic rings. The number of hydrogen-bond acceptors (Lipinski definition) is 2. The van der Waals surface area contributed by atoms with Crippen LogP contribution < -0.4 is 0 Å². The molecule has 2 aromatic carbocycles. The third kappa shape index (κ3) is 9.79. The zero-order valence-corrected chi connectivity index (χ0v) is 21.3. The lowest BCUT2D eigenvalue weighted by Crippen LogP contribution is -2.22. The maximum atomic E-state index is 5.84. The van der Waals surface area contributed by atoms with E-state index in [1.54, 1.807) is 5.56 Å². The Morgan fingerprint density at radius 3 is 1.85 bits per heavy atom. The van der Waals surface area contributed by atoms with E-state index in [0.717, 1.165) is 19.6 Å². The maximum Gasteiger partial charge on any atom is 0.157 e. The van der Waals surface area contributed by atoms with E-state index < -0.39 is 0 Å². The van der Waals surface area contributed by atoms with Crippen LogP contribution in [0.4, 0.5) is 0 Å². The second kappa shape index (κ2) is 16.3. The zero-order valence-electron chi connectivity index (χ0n) is 21.3. The zero-order chi connectivity index (χ0) is 23.0. The van der Waals surface area contributed by atoms with Crippen LogP contribution in [0.25, 0.3) is 10.8 Å². The van der Waals surface area contributed by atoms with Crippen molar-refractivity contribution in [3.63, 3.8) is 0 Å². The summed E-state index contributed by atoms with van der Waals surface area (Å²) >= 11 is 0. The molecule has 1 saturated heterocycles. The molecule has 2 aromatic rings. The van der Waals surface area contributed by atoms with Gasteiger partial charge in [-0.2, -0.15) is 0 Å². The molecular formula is C31H48O2. The van der Waals surface area contributed by atoms with Crippen molar-refractivity contribution in [2.75, 3.05) is 13.2 Å². The van der Waals surface area contributed by atoms with Crippen molar-refractivity contribution in [1.82, 2.24) is 0 Å². The number of ether oxygens (including phenoxy) is 2. The smallest absolute Gasteiger partial charge is 0.157 e. The van der Waals surface area contributed by atoms with E-state index in [1.165, 1.54) is 119 Å². The van der Waals surface area contributed by atoms with Crippen LogP contribution in [0.5, 0.6) is 0 Å². The van der Waals surface area contributed by atoms with Crippen LogP contribution in [0, 0.1) is 0 Å². The number of rotatable bonds is 17. The highest BCUT2D eigenvalue weighted by atomic mass is 16.7. The highest BCUT2D eigenvalue weighted by molar-refractivity contribution is 5.88. The molecule has 0 radical (unpaired) electrons. The molecule has 33 heavy (non-hydrogen) atoms. The van der Waals surface area contributed by atoms with Gasteiger partial charge >= 0.3 is 0 Å². The highest BCUT2D eigenvalue weighted by Gasteiger charge is 2.13. The first-order valence-corrected chi connectivity index (χ1v) is 14.1. The summed E-state index contributed by atoms with van der Waals surface area (Å²) < 4.78 is 11.5. The van der Waals surface area contributed by atoms with Gasteiger partial charge in [0.2, 0.25) is 0 Å². The van der Waals surface area contributed by atoms with Gasteiger partial charge in [-0.1, -0.05) is 101 Å². The van der Waals surface area contributed by atoms with Gasteiger partial charge in [-0.25, -0.2) is 0 Å². The fraction of sp³-hybridized carbons (Fsp3) is 0.677. The highest BCUT2D eigenvalue weighted by Crippen LogP contribution is 2.26. The summed E-state index contributed by atoms with van der Waals surface area (Å²) in [7, 11) is 0. The monoisotopic (exact) mass is 452 g/mol. The molecule has 2 nitrogen and oxygen atoms in total. The van der Waals surface area contributed by atoms with Crippen molar-refractivity contribution in [2.24, 2.45) is 0 Å². The second-order valence-corrected chi connectivity index (χ2v) is 9.99. The van der Waals surface area contributed by atoms with E-state index in [-0.39, 0.29) is 6.29 Å². The maximum absolute atomic E-state index is 5.84. The average Bonchev–Trinajstić information content (AvgIpc) is 2.86. The van der Waals surface area contributed by atoms with Gasteiger partial charge in [0, 0.05) is 13.2 Å². The first kappa shape index (κ1) is 26.2. The van der Waals surface area contributed by atoms with Gasteiger partial charge in [0.15, 0.2) is 6.29 Å². The van der Waals surface area contributed by atoms with E-state index in [4.69, 9.17) is 9.47 Å². The van der Waals surface area contributed by atoms with Gasteiger partial charge in [0.25, 0.3) is 0 Å². The molecule has 0 aliphatic carbocycles. The summed E-state index contributed by atoms with van der Waals surface area (Å²) in [6.45, 7) is 4.03. The van der Waals surface area contributed by atoms with Crippen molar-refractivity contribution in [2.45, 2.75) is 122 Å². The largest absolute Gasteiger partial charge is 0.353 e. The Balaban J connectivity index is 1.31. The summed E-state index contributed by atoms with van der Waals surface area (Å²) in [5.41, 5.74) is 3.09. The number of unbranched alkanes of at least 4 members (excludes halogenated alkanes) is 10. The van der Waals surface area contributed by atoms with Gasteiger partial charge in [-0.15, -0.1) is 0 Å². The lowest BCUT2D eigenvalue weighted by molar-refractivity contribution is -0.162. The Morgan fingerprint density at radius 2 is 1.27 bits per heavy atom. The Hall–Kier alpha value is -1.38. The van der Waals surface area contributed by atoms with Crippen molar-refractivity contribution >= 4 is 10.8 Å². The molecule has 3 rings (SSSR count). The number of hydrogen-bond donors (Lipinski definition) is 0. The van der Waals surface area contributed by atoms with Crippen molar-refractivity contribution in [3.05, 3.63) is 47.5 Å². The van der Waals surface area contributed by atoms with Crippen molar-refractivity contribution in [3.8, 4) is 0 Å². The predicted octanol–water partition coefficient (Wildman–Crippen LogP) is 9.17. The molecule has 0 bridgehead atoms. The quantitative estimate of drug-likeness (QED) is 0.223. The van der Waals surface area contributed by atoms with Crippen LogP contribution >= 0.6 is 0 Å². The van der Waals surface area contributed by atoms with E-state index >= 15 is 0 Å². The number of benzene rings is 2. The molecule has 1 heterocycles. The molecule has 0 spiro atoms. The van der Waals surface area contributed by atoms with E-state index in [1.807, 2.05) is 0 Å². The summed E-state index contributed by atoms with van der Waals surface area (Å²) in [6, 6.07) is 13.9. The molecule has 1 fully saturated rings. The predicted molar refractivity (Wildman–Crippen MR) is 142 cm³/mol. The van der Waals surface area contributed by atoms with Crippen LogP contribution in [-0.4, -0.2) is 19.5 Å². The van der Waals surface area contributed by atoms with Crippen LogP contribution in [0.1, 0.15) is 114 Å². The average molecular weight is 453 g/mol. The molecule has 0 amide bonds. The van der Waals surface area contributed by atoms with Gasteiger partial charge in [-0.3, -0.25) is 0 Å². The molecule has 2 heteroatoms. The number of fused-ring (bicyclic) bond motifs is 1. The Bertz CT molecular complexity index is 763. The first-order valence-electron chi connectivity index (χ1n) is 14.1. The minimum absolute atomic E-state index is 0.0748. The van der Waals surface area contributed by atoms with Gasteiger partial charge in [0.05, 0.1) is 0 Å². The van der Waals surface area contributed by atoms with Crippen LogP contribution in [0.3, 0.4) is 0 Å². The van der Waals surface area contributed by atoms with E-state index in [0.29, 0.717) is 0 Å². The fourth-order valence-electron chi connectivity index (χ4n) is 5.14. The fourth-order valence-corrected chi connectivity index (χ4v) is 5.14. The van der Waals surface area contributed by atoms with Gasteiger partial charge in [-0.05, 0) is 73.3 Å². The van der Waals surface area contributed by atoms with Crippen molar-refractivity contribution in [1.29, 1.82) is 0 Å². The van der Waals surface area contributed by atoms with E-state index in [2.05, 4.69) is 43.3 Å². The first-order chi connectivity index (χ1) is 16.4. The third-order valence-corrected chi connectivity index (χ3v) is 7.19. The summed E-state index contributed by atoms with van der Waals surface area (Å²) in [6.07, 6.45) is 22.0. The van der Waals surface area contributed by atoms with E-state index in [9.17, 15) is 0 Å². The molecule has 0 saturated carbocycles. The lowest BCUT2D eigenvalue weighted by Gasteiger charge is -2.22. The van der Waals surface area contributed by atoms with Crippen LogP contribution in [0.15, 0.2) is 36.4 Å². The molecule has 1 aliphatic heterocycles. The summed E-state index contributed by atoms with van der Waals surface area (Å²) in [5.74, 6) is 0. The molecule has 1 atom stereocenters. The molecule has 184 valence electrons. The molecule has 0 aromatic heterocycles. The minimum atomic E-state index is 0.0748. The lowest BCUT2D eigenvalue weighted by atomic mass is 9.93. The van der Waals surface area contributed by atoms with Crippen molar-refractivity contribution < 1.29 is 9.47 Å². The van der Waals surface area contributed by atoms with Gasteiger partial charge in [0.1, 0.15) is 0 Å².